The Morgan fingerprint density at radius 2 is 2.00 bits per heavy atom. The quantitative estimate of drug-likeness (QED) is 0.756. The molecule has 0 spiro atoms. The summed E-state index contributed by atoms with van der Waals surface area (Å²) in [5.41, 5.74) is 2.92. The van der Waals surface area contributed by atoms with E-state index < -0.39 is 0 Å². The number of aliphatic hydroxyl groups is 1. The number of benzene rings is 1. The summed E-state index contributed by atoms with van der Waals surface area (Å²) in [4.78, 5) is 0. The predicted octanol–water partition coefficient (Wildman–Crippen LogP) is 1.33. The standard InChI is InChI=1S/C14H18N4O/c19-12-6-10(7-12)8-15-9-13-14(17-18-16-13)11-4-2-1-3-5-11/h1-5,10,12,15,19H,6-9H2,(H,16,17,18). The van der Waals surface area contributed by atoms with Gasteiger partial charge in [0, 0.05) is 12.1 Å². The molecule has 1 aliphatic rings. The number of nitrogens with zero attached hydrogens (tertiary/aromatic N) is 2. The van der Waals surface area contributed by atoms with Gasteiger partial charge in [-0.3, -0.25) is 0 Å². The second-order valence-corrected chi connectivity index (χ2v) is 5.11. The minimum Gasteiger partial charge on any atom is -0.393 e. The molecule has 1 aliphatic carbocycles. The van der Waals surface area contributed by atoms with E-state index in [1.165, 1.54) is 0 Å². The highest BCUT2D eigenvalue weighted by Gasteiger charge is 2.26. The van der Waals surface area contributed by atoms with E-state index in [0.29, 0.717) is 12.5 Å². The average Bonchev–Trinajstić information content (AvgIpc) is 2.86. The van der Waals surface area contributed by atoms with E-state index in [0.717, 1.165) is 36.3 Å². The zero-order valence-electron chi connectivity index (χ0n) is 10.7. The molecule has 1 fully saturated rings. The Labute approximate surface area is 112 Å². The van der Waals surface area contributed by atoms with Crippen LogP contribution in [0, 0.1) is 5.92 Å². The lowest BCUT2D eigenvalue weighted by Crippen LogP contribution is -2.36. The Bertz CT molecular complexity index is 519. The van der Waals surface area contributed by atoms with E-state index in [-0.39, 0.29) is 6.10 Å². The van der Waals surface area contributed by atoms with Gasteiger partial charge in [-0.2, -0.15) is 15.4 Å². The van der Waals surface area contributed by atoms with Crippen molar-refractivity contribution in [1.29, 1.82) is 0 Å². The number of rotatable bonds is 5. The van der Waals surface area contributed by atoms with Crippen LogP contribution in [0.3, 0.4) is 0 Å². The minimum absolute atomic E-state index is 0.0845. The van der Waals surface area contributed by atoms with Gasteiger partial charge in [-0.15, -0.1) is 0 Å². The van der Waals surface area contributed by atoms with Crippen LogP contribution in [0.4, 0.5) is 0 Å². The van der Waals surface area contributed by atoms with Crippen molar-refractivity contribution in [3.05, 3.63) is 36.0 Å². The number of hydrogen-bond donors (Lipinski definition) is 3. The number of aromatic amines is 1. The van der Waals surface area contributed by atoms with Gasteiger partial charge in [0.1, 0.15) is 11.4 Å². The first-order valence-corrected chi connectivity index (χ1v) is 6.67. The molecule has 1 aromatic carbocycles. The first-order valence-electron chi connectivity index (χ1n) is 6.67. The lowest BCUT2D eigenvalue weighted by molar-refractivity contribution is 0.0429. The van der Waals surface area contributed by atoms with Crippen LogP contribution >= 0.6 is 0 Å². The highest BCUT2D eigenvalue weighted by Crippen LogP contribution is 2.26. The predicted molar refractivity (Wildman–Crippen MR) is 72.3 cm³/mol. The van der Waals surface area contributed by atoms with E-state index >= 15 is 0 Å². The Hall–Kier alpha value is -1.72. The summed E-state index contributed by atoms with van der Waals surface area (Å²) in [5, 5.41) is 23.7. The van der Waals surface area contributed by atoms with Gasteiger partial charge in [0.25, 0.3) is 0 Å². The molecular formula is C14H18N4O. The summed E-state index contributed by atoms with van der Waals surface area (Å²) in [5.74, 6) is 0.599. The zero-order chi connectivity index (χ0) is 13.1. The van der Waals surface area contributed by atoms with Crippen LogP contribution in [0.1, 0.15) is 18.5 Å². The molecule has 0 atom stereocenters. The van der Waals surface area contributed by atoms with Crippen molar-refractivity contribution in [3.63, 3.8) is 0 Å². The van der Waals surface area contributed by atoms with Crippen molar-refractivity contribution >= 4 is 0 Å². The molecule has 1 saturated carbocycles. The molecule has 0 radical (unpaired) electrons. The van der Waals surface area contributed by atoms with E-state index in [9.17, 15) is 5.11 Å². The Balaban J connectivity index is 1.58. The van der Waals surface area contributed by atoms with Crippen molar-refractivity contribution in [1.82, 2.24) is 20.7 Å². The lowest BCUT2D eigenvalue weighted by atomic mass is 9.82. The van der Waals surface area contributed by atoms with Gasteiger partial charge in [0.05, 0.1) is 6.10 Å². The monoisotopic (exact) mass is 258 g/mol. The molecule has 0 saturated heterocycles. The second kappa shape index (κ2) is 5.50. The molecule has 0 amide bonds. The molecule has 0 bridgehead atoms. The minimum atomic E-state index is -0.0845. The highest BCUT2D eigenvalue weighted by molar-refractivity contribution is 5.60. The molecule has 2 aromatic rings. The molecule has 3 rings (SSSR count). The van der Waals surface area contributed by atoms with Gasteiger partial charge >= 0.3 is 0 Å². The molecular weight excluding hydrogens is 240 g/mol. The van der Waals surface area contributed by atoms with Crippen molar-refractivity contribution < 1.29 is 5.11 Å². The fraction of sp³-hybridized carbons (Fsp3) is 0.429. The number of H-pyrrole nitrogens is 1. The summed E-state index contributed by atoms with van der Waals surface area (Å²) in [6.45, 7) is 1.63. The van der Waals surface area contributed by atoms with Gasteiger partial charge in [-0.05, 0) is 25.3 Å². The highest BCUT2D eigenvalue weighted by atomic mass is 16.3. The van der Waals surface area contributed by atoms with E-state index in [2.05, 4.69) is 20.7 Å². The van der Waals surface area contributed by atoms with Crippen LogP contribution in [0.2, 0.25) is 0 Å². The van der Waals surface area contributed by atoms with Crippen LogP contribution < -0.4 is 5.32 Å². The van der Waals surface area contributed by atoms with Gasteiger partial charge in [-0.25, -0.2) is 0 Å². The molecule has 19 heavy (non-hydrogen) atoms. The van der Waals surface area contributed by atoms with Crippen molar-refractivity contribution in [3.8, 4) is 11.3 Å². The Morgan fingerprint density at radius 1 is 1.21 bits per heavy atom. The fourth-order valence-electron chi connectivity index (χ4n) is 2.47. The van der Waals surface area contributed by atoms with Crippen LogP contribution in [-0.4, -0.2) is 33.2 Å². The SMILES string of the molecule is OC1CC(CNCc2n[nH]nc2-c2ccccc2)C1. The van der Waals surface area contributed by atoms with Gasteiger partial charge in [-0.1, -0.05) is 30.3 Å². The summed E-state index contributed by atoms with van der Waals surface area (Å²) in [7, 11) is 0. The smallest absolute Gasteiger partial charge is 0.117 e. The van der Waals surface area contributed by atoms with E-state index in [1.807, 2.05) is 30.3 Å². The Morgan fingerprint density at radius 3 is 2.74 bits per heavy atom. The van der Waals surface area contributed by atoms with Crippen LogP contribution in [0.25, 0.3) is 11.3 Å². The number of nitrogens with one attached hydrogen (secondary N) is 2. The second-order valence-electron chi connectivity index (χ2n) is 5.11. The molecule has 1 aromatic heterocycles. The first-order chi connectivity index (χ1) is 9.33. The maximum absolute atomic E-state index is 9.24. The molecule has 5 heteroatoms. The number of aliphatic hydroxyl groups excluding tert-OH is 1. The van der Waals surface area contributed by atoms with E-state index in [4.69, 9.17) is 0 Å². The number of aromatic nitrogens is 3. The van der Waals surface area contributed by atoms with Crippen LogP contribution in [-0.2, 0) is 6.54 Å². The zero-order valence-corrected chi connectivity index (χ0v) is 10.7. The summed E-state index contributed by atoms with van der Waals surface area (Å²) < 4.78 is 0. The fourth-order valence-corrected chi connectivity index (χ4v) is 2.47. The van der Waals surface area contributed by atoms with Crippen molar-refractivity contribution in [2.75, 3.05) is 6.54 Å². The van der Waals surface area contributed by atoms with E-state index in [1.54, 1.807) is 0 Å². The average molecular weight is 258 g/mol. The third-order valence-electron chi connectivity index (χ3n) is 3.60. The molecule has 3 N–H and O–H groups in total. The van der Waals surface area contributed by atoms with Crippen LogP contribution in [0.15, 0.2) is 30.3 Å². The lowest BCUT2D eigenvalue weighted by Gasteiger charge is -2.31. The topological polar surface area (TPSA) is 73.8 Å². The molecule has 1 heterocycles. The van der Waals surface area contributed by atoms with Crippen molar-refractivity contribution in [2.45, 2.75) is 25.5 Å². The molecule has 0 aliphatic heterocycles. The Kier molecular flexibility index (Phi) is 3.57. The molecule has 100 valence electrons. The van der Waals surface area contributed by atoms with Crippen LogP contribution in [0.5, 0.6) is 0 Å². The first kappa shape index (κ1) is 12.3. The normalized spacial score (nSPS) is 22.2. The van der Waals surface area contributed by atoms with Gasteiger partial charge < -0.3 is 10.4 Å². The number of hydrogen-bond acceptors (Lipinski definition) is 4. The summed E-state index contributed by atoms with van der Waals surface area (Å²) >= 11 is 0. The molecule has 0 unspecified atom stereocenters. The third kappa shape index (κ3) is 2.83. The molecule has 5 nitrogen and oxygen atoms in total. The van der Waals surface area contributed by atoms with Gasteiger partial charge in [0.15, 0.2) is 0 Å². The third-order valence-corrected chi connectivity index (χ3v) is 3.60. The summed E-state index contributed by atoms with van der Waals surface area (Å²) in [6, 6.07) is 10.0. The summed E-state index contributed by atoms with van der Waals surface area (Å²) in [6.07, 6.45) is 1.74. The maximum Gasteiger partial charge on any atom is 0.117 e. The van der Waals surface area contributed by atoms with Gasteiger partial charge in [0.2, 0.25) is 0 Å². The van der Waals surface area contributed by atoms with Crippen molar-refractivity contribution in [2.24, 2.45) is 5.92 Å². The maximum atomic E-state index is 9.24. The largest absolute Gasteiger partial charge is 0.393 e.